The standard InChI is InChI=1S/C19H18FN3O2/c1-11-7-16(12(2)23(11)14-4-5-14)18(24)9-22-10-21-17-8-13(20)3-6-15(17)19(22)25/h3,6-8,10,14H,4-5,9H2,1-2H3. The predicted octanol–water partition coefficient (Wildman–Crippen LogP) is 3.17. The van der Waals surface area contributed by atoms with Gasteiger partial charge >= 0.3 is 0 Å². The van der Waals surface area contributed by atoms with E-state index >= 15 is 0 Å². The Bertz CT molecular complexity index is 1060. The number of carbonyl (C=O) groups excluding carboxylic acids is 1. The zero-order valence-electron chi connectivity index (χ0n) is 14.1. The lowest BCUT2D eigenvalue weighted by molar-refractivity contribution is 0.0970. The smallest absolute Gasteiger partial charge is 0.261 e. The van der Waals surface area contributed by atoms with Gasteiger partial charge in [-0.05, 0) is 44.9 Å². The van der Waals surface area contributed by atoms with Gasteiger partial charge in [0.2, 0.25) is 0 Å². The first-order valence-corrected chi connectivity index (χ1v) is 8.32. The number of Topliss-reactive ketones (excluding diaryl/α,β-unsaturated/α-hetero) is 1. The van der Waals surface area contributed by atoms with Crippen LogP contribution in [-0.2, 0) is 6.54 Å². The molecular formula is C19H18FN3O2. The van der Waals surface area contributed by atoms with Gasteiger partial charge in [0, 0.05) is 29.1 Å². The molecular weight excluding hydrogens is 321 g/mol. The minimum Gasteiger partial charge on any atom is -0.345 e. The van der Waals surface area contributed by atoms with Crippen molar-refractivity contribution in [2.24, 2.45) is 0 Å². The van der Waals surface area contributed by atoms with Gasteiger partial charge in [0.25, 0.3) is 5.56 Å². The van der Waals surface area contributed by atoms with Crippen LogP contribution < -0.4 is 5.56 Å². The number of nitrogens with zero attached hydrogens (tertiary/aromatic N) is 3. The van der Waals surface area contributed by atoms with Gasteiger partial charge in [-0.3, -0.25) is 14.2 Å². The van der Waals surface area contributed by atoms with Crippen LogP contribution in [0.1, 0.15) is 40.6 Å². The van der Waals surface area contributed by atoms with E-state index in [1.54, 1.807) is 0 Å². The highest BCUT2D eigenvalue weighted by Crippen LogP contribution is 2.38. The number of carbonyl (C=O) groups is 1. The molecule has 0 N–H and O–H groups in total. The summed E-state index contributed by atoms with van der Waals surface area (Å²) in [6, 6.07) is 6.24. The van der Waals surface area contributed by atoms with Gasteiger partial charge in [0.15, 0.2) is 5.78 Å². The van der Waals surface area contributed by atoms with Crippen LogP contribution in [-0.4, -0.2) is 19.9 Å². The van der Waals surface area contributed by atoms with E-state index in [4.69, 9.17) is 0 Å². The number of benzene rings is 1. The molecule has 25 heavy (non-hydrogen) atoms. The van der Waals surface area contributed by atoms with Crippen LogP contribution in [0.2, 0.25) is 0 Å². The van der Waals surface area contributed by atoms with Crippen LogP contribution in [0, 0.1) is 19.7 Å². The first-order chi connectivity index (χ1) is 12.0. The van der Waals surface area contributed by atoms with Crippen molar-refractivity contribution in [2.45, 2.75) is 39.3 Å². The molecule has 0 amide bonds. The SMILES string of the molecule is Cc1cc(C(=O)Cn2cnc3cc(F)ccc3c2=O)c(C)n1C1CC1. The van der Waals surface area contributed by atoms with E-state index in [2.05, 4.69) is 9.55 Å². The molecule has 2 aromatic heterocycles. The lowest BCUT2D eigenvalue weighted by Gasteiger charge is -2.08. The summed E-state index contributed by atoms with van der Waals surface area (Å²) in [4.78, 5) is 29.3. The second-order valence-corrected chi connectivity index (χ2v) is 6.65. The second kappa shape index (κ2) is 5.65. The summed E-state index contributed by atoms with van der Waals surface area (Å²) in [5.74, 6) is -0.564. The highest BCUT2D eigenvalue weighted by atomic mass is 19.1. The first-order valence-electron chi connectivity index (χ1n) is 8.32. The molecule has 0 spiro atoms. The van der Waals surface area contributed by atoms with E-state index in [1.807, 2.05) is 19.9 Å². The van der Waals surface area contributed by atoms with Crippen molar-refractivity contribution < 1.29 is 9.18 Å². The number of ketones is 1. The molecule has 0 saturated heterocycles. The molecule has 5 nitrogen and oxygen atoms in total. The van der Waals surface area contributed by atoms with Gasteiger partial charge in [-0.1, -0.05) is 0 Å². The van der Waals surface area contributed by atoms with Crippen LogP contribution >= 0.6 is 0 Å². The number of rotatable bonds is 4. The van der Waals surface area contributed by atoms with Crippen LogP contribution in [0.4, 0.5) is 4.39 Å². The summed E-state index contributed by atoms with van der Waals surface area (Å²) in [5, 5.41) is 0.306. The van der Waals surface area contributed by atoms with Crippen molar-refractivity contribution >= 4 is 16.7 Å². The van der Waals surface area contributed by atoms with E-state index in [-0.39, 0.29) is 17.9 Å². The lowest BCUT2D eigenvalue weighted by Crippen LogP contribution is -2.25. The summed E-state index contributed by atoms with van der Waals surface area (Å²) in [6.07, 6.45) is 3.60. The Balaban J connectivity index is 1.68. The normalized spacial score (nSPS) is 14.2. The molecule has 0 aliphatic heterocycles. The molecule has 1 aromatic carbocycles. The van der Waals surface area contributed by atoms with Crippen LogP contribution in [0.15, 0.2) is 35.4 Å². The molecule has 0 radical (unpaired) electrons. The molecule has 0 atom stereocenters. The van der Waals surface area contributed by atoms with E-state index in [1.165, 1.54) is 29.1 Å². The average Bonchev–Trinajstić information content (AvgIpc) is 3.35. The van der Waals surface area contributed by atoms with Crippen LogP contribution in [0.25, 0.3) is 10.9 Å². The number of hydrogen-bond acceptors (Lipinski definition) is 3. The largest absolute Gasteiger partial charge is 0.345 e. The van der Waals surface area contributed by atoms with Crippen molar-refractivity contribution in [3.05, 3.63) is 63.7 Å². The molecule has 0 unspecified atom stereocenters. The highest BCUT2D eigenvalue weighted by molar-refractivity contribution is 5.97. The number of hydrogen-bond donors (Lipinski definition) is 0. The molecule has 3 aromatic rings. The van der Waals surface area contributed by atoms with Gasteiger partial charge < -0.3 is 4.57 Å². The quantitative estimate of drug-likeness (QED) is 0.686. The van der Waals surface area contributed by atoms with Crippen molar-refractivity contribution in [3.8, 4) is 0 Å². The first kappa shape index (κ1) is 15.7. The minimum atomic E-state index is -0.444. The molecule has 0 bridgehead atoms. The van der Waals surface area contributed by atoms with E-state index in [9.17, 15) is 14.0 Å². The maximum atomic E-state index is 13.2. The topological polar surface area (TPSA) is 56.9 Å². The van der Waals surface area contributed by atoms with E-state index in [0.717, 1.165) is 24.2 Å². The van der Waals surface area contributed by atoms with Gasteiger partial charge in [-0.2, -0.15) is 0 Å². The van der Waals surface area contributed by atoms with Gasteiger partial charge in [0.1, 0.15) is 5.82 Å². The molecule has 1 fully saturated rings. The predicted molar refractivity (Wildman–Crippen MR) is 92.5 cm³/mol. The Morgan fingerprint density at radius 1 is 1.28 bits per heavy atom. The molecule has 2 heterocycles. The molecule has 128 valence electrons. The third-order valence-electron chi connectivity index (χ3n) is 4.80. The van der Waals surface area contributed by atoms with Crippen molar-refractivity contribution in [1.82, 2.24) is 14.1 Å². The molecule has 4 rings (SSSR count). The molecule has 1 saturated carbocycles. The third-order valence-corrected chi connectivity index (χ3v) is 4.80. The molecule has 1 aliphatic carbocycles. The minimum absolute atomic E-state index is 0.0753. The van der Waals surface area contributed by atoms with Gasteiger partial charge in [-0.15, -0.1) is 0 Å². The summed E-state index contributed by atoms with van der Waals surface area (Å²) >= 11 is 0. The third kappa shape index (κ3) is 2.67. The number of halogens is 1. The fourth-order valence-corrected chi connectivity index (χ4v) is 3.44. The van der Waals surface area contributed by atoms with Crippen LogP contribution in [0.5, 0.6) is 0 Å². The summed E-state index contributed by atoms with van der Waals surface area (Å²) in [6.45, 7) is 3.87. The molecule has 1 aliphatic rings. The number of aromatic nitrogens is 3. The Labute approximate surface area is 143 Å². The Hall–Kier alpha value is -2.76. The fourth-order valence-electron chi connectivity index (χ4n) is 3.44. The van der Waals surface area contributed by atoms with Crippen LogP contribution in [0.3, 0.4) is 0 Å². The maximum Gasteiger partial charge on any atom is 0.261 e. The lowest BCUT2D eigenvalue weighted by atomic mass is 10.1. The van der Waals surface area contributed by atoms with Crippen molar-refractivity contribution in [3.63, 3.8) is 0 Å². The Morgan fingerprint density at radius 2 is 2.04 bits per heavy atom. The number of fused-ring (bicyclic) bond motifs is 1. The average molecular weight is 339 g/mol. The van der Waals surface area contributed by atoms with E-state index < -0.39 is 5.82 Å². The Morgan fingerprint density at radius 3 is 2.76 bits per heavy atom. The fraction of sp³-hybridized carbons (Fsp3) is 0.316. The highest BCUT2D eigenvalue weighted by Gasteiger charge is 2.28. The monoisotopic (exact) mass is 339 g/mol. The van der Waals surface area contributed by atoms with Crippen molar-refractivity contribution in [2.75, 3.05) is 0 Å². The second-order valence-electron chi connectivity index (χ2n) is 6.65. The number of aryl methyl sites for hydroxylation is 1. The Kier molecular flexibility index (Phi) is 3.56. The maximum absolute atomic E-state index is 13.2. The van der Waals surface area contributed by atoms with Crippen molar-refractivity contribution in [1.29, 1.82) is 0 Å². The van der Waals surface area contributed by atoms with Gasteiger partial charge in [0.05, 0.1) is 23.8 Å². The van der Waals surface area contributed by atoms with E-state index in [0.29, 0.717) is 22.5 Å². The summed E-state index contributed by atoms with van der Waals surface area (Å²) < 4.78 is 16.7. The zero-order valence-corrected chi connectivity index (χ0v) is 14.1. The summed E-state index contributed by atoms with van der Waals surface area (Å²) in [5.41, 5.74) is 2.63. The zero-order chi connectivity index (χ0) is 17.7. The molecule has 6 heteroatoms. The summed E-state index contributed by atoms with van der Waals surface area (Å²) in [7, 11) is 0. The van der Waals surface area contributed by atoms with Gasteiger partial charge in [-0.25, -0.2) is 9.37 Å².